The van der Waals surface area contributed by atoms with E-state index in [1.54, 1.807) is 0 Å². The summed E-state index contributed by atoms with van der Waals surface area (Å²) >= 11 is 0. The quantitative estimate of drug-likeness (QED) is 0.735. The van der Waals surface area contributed by atoms with E-state index in [2.05, 4.69) is 26.0 Å². The summed E-state index contributed by atoms with van der Waals surface area (Å²) in [5.41, 5.74) is 0. The first-order valence-electron chi connectivity index (χ1n) is 6.47. The normalized spacial score (nSPS) is 25.7. The fraction of sp³-hybridized carbons (Fsp3) is 0.600. The molecule has 0 N–H and O–H groups in total. The molecule has 2 atom stereocenters. The minimum atomic E-state index is 0.434. The zero-order valence-corrected chi connectivity index (χ0v) is 10.4. The fourth-order valence-corrected chi connectivity index (χ4v) is 2.59. The number of benzene rings is 1. The van der Waals surface area contributed by atoms with Gasteiger partial charge in [0.2, 0.25) is 0 Å². The smallest absolute Gasteiger partial charge is 0.119 e. The summed E-state index contributed by atoms with van der Waals surface area (Å²) < 4.78 is 6.04. The van der Waals surface area contributed by atoms with Crippen LogP contribution in [0.2, 0.25) is 0 Å². The SMILES string of the molecule is CC(C)[C@@H]1CCC[C@H](Oc2ccccc2)C1. The Kier molecular flexibility index (Phi) is 3.87. The van der Waals surface area contributed by atoms with Gasteiger partial charge in [0.25, 0.3) is 0 Å². The maximum Gasteiger partial charge on any atom is 0.119 e. The molecule has 0 spiro atoms. The summed E-state index contributed by atoms with van der Waals surface area (Å²) in [6, 6.07) is 10.2. The molecule has 0 aromatic heterocycles. The van der Waals surface area contributed by atoms with E-state index >= 15 is 0 Å². The van der Waals surface area contributed by atoms with E-state index in [1.165, 1.54) is 25.7 Å². The summed E-state index contributed by atoms with van der Waals surface area (Å²) in [6.07, 6.45) is 5.58. The van der Waals surface area contributed by atoms with Gasteiger partial charge >= 0.3 is 0 Å². The largest absolute Gasteiger partial charge is 0.490 e. The van der Waals surface area contributed by atoms with Crippen molar-refractivity contribution in [3.05, 3.63) is 30.3 Å². The molecular weight excluding hydrogens is 196 g/mol. The van der Waals surface area contributed by atoms with Crippen LogP contribution in [0.3, 0.4) is 0 Å². The predicted molar refractivity (Wildman–Crippen MR) is 67.7 cm³/mol. The monoisotopic (exact) mass is 218 g/mol. The van der Waals surface area contributed by atoms with Gasteiger partial charge in [-0.05, 0) is 49.7 Å². The van der Waals surface area contributed by atoms with Gasteiger partial charge in [-0.3, -0.25) is 0 Å². The zero-order chi connectivity index (χ0) is 11.4. The highest BCUT2D eigenvalue weighted by Gasteiger charge is 2.25. The zero-order valence-electron chi connectivity index (χ0n) is 10.4. The van der Waals surface area contributed by atoms with Crippen molar-refractivity contribution in [3.63, 3.8) is 0 Å². The lowest BCUT2D eigenvalue weighted by Crippen LogP contribution is -2.27. The Hall–Kier alpha value is -0.980. The third kappa shape index (κ3) is 3.01. The van der Waals surface area contributed by atoms with Gasteiger partial charge in [0.05, 0.1) is 6.10 Å². The second-order valence-corrected chi connectivity index (χ2v) is 5.22. The Morgan fingerprint density at radius 3 is 2.56 bits per heavy atom. The molecule has 0 amide bonds. The molecule has 1 aliphatic carbocycles. The Morgan fingerprint density at radius 2 is 1.88 bits per heavy atom. The van der Waals surface area contributed by atoms with Crippen molar-refractivity contribution in [2.75, 3.05) is 0 Å². The molecule has 1 aromatic rings. The summed E-state index contributed by atoms with van der Waals surface area (Å²) in [6.45, 7) is 4.66. The van der Waals surface area contributed by atoms with E-state index in [4.69, 9.17) is 4.74 Å². The minimum Gasteiger partial charge on any atom is -0.490 e. The van der Waals surface area contributed by atoms with Crippen molar-refractivity contribution < 1.29 is 4.74 Å². The molecule has 0 radical (unpaired) electrons. The number of ether oxygens (including phenoxy) is 1. The average Bonchev–Trinajstić information content (AvgIpc) is 2.30. The van der Waals surface area contributed by atoms with Crippen LogP contribution in [0, 0.1) is 11.8 Å². The van der Waals surface area contributed by atoms with E-state index < -0.39 is 0 Å². The van der Waals surface area contributed by atoms with Crippen molar-refractivity contribution in [2.24, 2.45) is 11.8 Å². The molecule has 1 heteroatoms. The lowest BCUT2D eigenvalue weighted by Gasteiger charge is -2.31. The van der Waals surface area contributed by atoms with Crippen LogP contribution in [0.4, 0.5) is 0 Å². The molecule has 2 rings (SSSR count). The van der Waals surface area contributed by atoms with E-state index in [9.17, 15) is 0 Å². The number of hydrogen-bond acceptors (Lipinski definition) is 1. The third-order valence-corrected chi connectivity index (χ3v) is 3.66. The van der Waals surface area contributed by atoms with Crippen LogP contribution in [-0.4, -0.2) is 6.10 Å². The second-order valence-electron chi connectivity index (χ2n) is 5.22. The molecular formula is C15H22O. The number of hydrogen-bond donors (Lipinski definition) is 0. The summed E-state index contributed by atoms with van der Waals surface area (Å²) in [7, 11) is 0. The van der Waals surface area contributed by atoms with Crippen molar-refractivity contribution in [1.29, 1.82) is 0 Å². The number of para-hydroxylation sites is 1. The van der Waals surface area contributed by atoms with Crippen LogP contribution in [-0.2, 0) is 0 Å². The molecule has 1 aliphatic rings. The van der Waals surface area contributed by atoms with Gasteiger partial charge in [0.1, 0.15) is 5.75 Å². The summed E-state index contributed by atoms with van der Waals surface area (Å²) in [4.78, 5) is 0. The van der Waals surface area contributed by atoms with Gasteiger partial charge in [-0.25, -0.2) is 0 Å². The molecule has 0 saturated heterocycles. The lowest BCUT2D eigenvalue weighted by molar-refractivity contribution is 0.106. The second kappa shape index (κ2) is 5.38. The molecule has 1 saturated carbocycles. The molecule has 88 valence electrons. The van der Waals surface area contributed by atoms with Crippen LogP contribution < -0.4 is 4.74 Å². The van der Waals surface area contributed by atoms with Crippen molar-refractivity contribution in [1.82, 2.24) is 0 Å². The van der Waals surface area contributed by atoms with Crippen LogP contribution in [0.15, 0.2) is 30.3 Å². The average molecular weight is 218 g/mol. The van der Waals surface area contributed by atoms with Gasteiger partial charge in [-0.1, -0.05) is 32.0 Å². The van der Waals surface area contributed by atoms with E-state index in [0.717, 1.165) is 17.6 Å². The van der Waals surface area contributed by atoms with Gasteiger partial charge in [-0.15, -0.1) is 0 Å². The fourth-order valence-electron chi connectivity index (χ4n) is 2.59. The maximum absolute atomic E-state index is 6.04. The highest BCUT2D eigenvalue weighted by Crippen LogP contribution is 2.32. The molecule has 1 nitrogen and oxygen atoms in total. The van der Waals surface area contributed by atoms with Crippen LogP contribution in [0.5, 0.6) is 5.75 Å². The highest BCUT2D eigenvalue weighted by molar-refractivity contribution is 5.21. The predicted octanol–water partition coefficient (Wildman–Crippen LogP) is 4.28. The molecule has 0 unspecified atom stereocenters. The summed E-state index contributed by atoms with van der Waals surface area (Å²) in [5.74, 6) is 2.67. The van der Waals surface area contributed by atoms with Crippen LogP contribution in [0.1, 0.15) is 39.5 Å². The van der Waals surface area contributed by atoms with Gasteiger partial charge in [0, 0.05) is 0 Å². The number of rotatable bonds is 3. The first-order chi connectivity index (χ1) is 7.75. The Labute approximate surface area is 98.8 Å². The van der Waals surface area contributed by atoms with E-state index in [1.807, 2.05) is 18.2 Å². The topological polar surface area (TPSA) is 9.23 Å². The maximum atomic E-state index is 6.04. The van der Waals surface area contributed by atoms with E-state index in [-0.39, 0.29) is 0 Å². The molecule has 1 fully saturated rings. The third-order valence-electron chi connectivity index (χ3n) is 3.66. The van der Waals surface area contributed by atoms with Gasteiger partial charge in [0.15, 0.2) is 0 Å². The standard InChI is InChI=1S/C15H22O/c1-12(2)13-7-6-10-15(11-13)16-14-8-4-3-5-9-14/h3-5,8-9,12-13,15H,6-7,10-11H2,1-2H3/t13-,15+/m1/s1. The van der Waals surface area contributed by atoms with Crippen molar-refractivity contribution >= 4 is 0 Å². The molecule has 0 aliphatic heterocycles. The Bertz CT molecular complexity index is 304. The Morgan fingerprint density at radius 1 is 1.12 bits per heavy atom. The molecule has 16 heavy (non-hydrogen) atoms. The summed E-state index contributed by atoms with van der Waals surface area (Å²) in [5, 5.41) is 0. The first-order valence-corrected chi connectivity index (χ1v) is 6.47. The van der Waals surface area contributed by atoms with Crippen LogP contribution in [0.25, 0.3) is 0 Å². The van der Waals surface area contributed by atoms with Gasteiger partial charge in [-0.2, -0.15) is 0 Å². The highest BCUT2D eigenvalue weighted by atomic mass is 16.5. The van der Waals surface area contributed by atoms with E-state index in [0.29, 0.717) is 6.10 Å². The van der Waals surface area contributed by atoms with Gasteiger partial charge < -0.3 is 4.74 Å². The molecule has 1 aromatic carbocycles. The molecule has 0 bridgehead atoms. The van der Waals surface area contributed by atoms with Crippen molar-refractivity contribution in [2.45, 2.75) is 45.6 Å². The Balaban J connectivity index is 1.90. The molecule has 0 heterocycles. The lowest BCUT2D eigenvalue weighted by atomic mass is 9.80. The van der Waals surface area contributed by atoms with Crippen molar-refractivity contribution in [3.8, 4) is 5.75 Å². The minimum absolute atomic E-state index is 0.434. The first kappa shape index (κ1) is 11.5. The van der Waals surface area contributed by atoms with Crippen LogP contribution >= 0.6 is 0 Å².